The van der Waals surface area contributed by atoms with E-state index in [-0.39, 0.29) is 24.7 Å². The SMILES string of the molecule is Cc1ccc2c(oc3ccccc32)c1N1c2cccnc2N(c2ccccc2)[C@@H]1C.Cc1ccc2c(oc3ccccc32)c1N1c2ncccc2N(c2ccccc2)[C@@H]1C.Cc1ccc2c(oc3ccccc32)c1N1c2nccnc2N(C(C)C)[C@@H]1C.Cc1ccc2c(oc3ccccc32)c1N1c2nccnc2N(c2ccccc2)[C@@H]1C. The lowest BCUT2D eigenvalue weighted by molar-refractivity contribution is 0.598. The summed E-state index contributed by atoms with van der Waals surface area (Å²) in [6.45, 7) is 21.7. The van der Waals surface area contributed by atoms with Crippen LogP contribution < -0.4 is 39.2 Å². The molecule has 0 bridgehead atoms. The van der Waals surface area contributed by atoms with Crippen molar-refractivity contribution in [3.05, 3.63) is 320 Å². The smallest absolute Gasteiger partial charge is 0.178 e. The Bertz CT molecular complexity index is 6490. The first-order valence-electron chi connectivity index (χ1n) is 39.9. The van der Waals surface area contributed by atoms with Gasteiger partial charge in [0.1, 0.15) is 47.0 Å². The third-order valence-electron chi connectivity index (χ3n) is 23.3. The number of hydrogen-bond acceptors (Lipinski definition) is 18. The predicted molar refractivity (Wildman–Crippen MR) is 476 cm³/mol. The number of furan rings is 4. The van der Waals surface area contributed by atoms with Crippen LogP contribution in [-0.2, 0) is 0 Å². The number of fused-ring (bicyclic) bond motifs is 16. The molecule has 0 spiro atoms. The van der Waals surface area contributed by atoms with Gasteiger partial charge >= 0.3 is 0 Å². The highest BCUT2D eigenvalue weighted by atomic mass is 16.3. The Morgan fingerprint density at radius 3 is 0.906 bits per heavy atom. The molecule has 19 aromatic rings. The van der Waals surface area contributed by atoms with Crippen molar-refractivity contribution in [2.75, 3.05) is 39.2 Å². The normalized spacial score (nSPS) is 16.1. The molecule has 0 N–H and O–H groups in total. The molecular formula is C99H84N14O4. The topological polar surface area (TPSA) is 156 Å². The minimum absolute atomic E-state index is 0.0117. The molecular weight excluding hydrogens is 1450 g/mol. The highest BCUT2D eigenvalue weighted by Crippen LogP contribution is 2.55. The summed E-state index contributed by atoms with van der Waals surface area (Å²) in [5, 5.41) is 9.07. The Balaban J connectivity index is 0.000000100. The average Bonchev–Trinajstić information content (AvgIpc) is 1.59. The van der Waals surface area contributed by atoms with E-state index in [4.69, 9.17) is 32.6 Å². The number of aromatic nitrogens is 6. The summed E-state index contributed by atoms with van der Waals surface area (Å²) in [7, 11) is 0. The fraction of sp³-hybridized carbons (Fsp3) is 0.152. The van der Waals surface area contributed by atoms with E-state index in [9.17, 15) is 0 Å². The zero-order chi connectivity index (χ0) is 79.4. The molecule has 4 aliphatic rings. The molecule has 0 aliphatic carbocycles. The van der Waals surface area contributed by atoms with Crippen LogP contribution >= 0.6 is 0 Å². The van der Waals surface area contributed by atoms with Crippen molar-refractivity contribution < 1.29 is 17.7 Å². The van der Waals surface area contributed by atoms with Gasteiger partial charge < -0.3 is 42.2 Å². The average molecular weight is 1530 g/mol. The molecule has 0 saturated carbocycles. The number of anilines is 15. The maximum absolute atomic E-state index is 6.40. The van der Waals surface area contributed by atoms with Gasteiger partial charge in [-0.25, -0.2) is 29.9 Å². The van der Waals surface area contributed by atoms with Crippen LogP contribution in [0.4, 0.5) is 86.1 Å². The van der Waals surface area contributed by atoms with Crippen LogP contribution in [0.25, 0.3) is 87.8 Å². The van der Waals surface area contributed by atoms with E-state index < -0.39 is 0 Å². The van der Waals surface area contributed by atoms with Crippen LogP contribution in [0, 0.1) is 27.7 Å². The standard InChI is InChI=1S/2C26H21N3O.C25H20N4O.C22H22N4O/c1-17-14-15-21-20-11-6-7-13-23(20)30-25(21)24(17)29-18(2)28(19-9-4-3-5-10-19)26-22(29)12-8-16-27-26;1-17-14-15-21-20-11-6-7-13-23(20)30-25(21)24(17)29-18(2)28(19-9-4-3-5-10-19)22-12-8-16-27-26(22)29;1-16-12-13-20-19-10-6-7-11-21(19)30-23(20)22(16)29-17(2)28(18-8-4-3-5-9-18)24-25(29)27-15-14-26-24;1-13(2)25-15(4)26(22-21(25)23-11-12-24-22)19-14(3)9-10-17-16-7-5-6-8-18(16)27-20(17)19/h2*3-16,18H,1-2H3;3-15,17H,1-2H3;5-13,15H,1-4H3/t2*18-;17-;15-/m0000/s1. The molecule has 18 heteroatoms. The van der Waals surface area contributed by atoms with Crippen LogP contribution in [0.5, 0.6) is 0 Å². The number of pyridine rings is 2. The molecule has 4 atom stereocenters. The highest BCUT2D eigenvalue weighted by molar-refractivity contribution is 6.15. The molecule has 8 aromatic heterocycles. The van der Waals surface area contributed by atoms with Gasteiger partial charge in [0.25, 0.3) is 0 Å². The van der Waals surface area contributed by atoms with Gasteiger partial charge in [-0.1, -0.05) is 176 Å². The second-order valence-corrected chi connectivity index (χ2v) is 30.5. The van der Waals surface area contributed by atoms with Crippen LogP contribution in [0.3, 0.4) is 0 Å². The maximum Gasteiger partial charge on any atom is 0.178 e. The monoisotopic (exact) mass is 1530 g/mol. The fourth-order valence-electron chi connectivity index (χ4n) is 18.1. The Kier molecular flexibility index (Phi) is 17.6. The molecule has 0 unspecified atom stereocenters. The second-order valence-electron chi connectivity index (χ2n) is 30.5. The summed E-state index contributed by atoms with van der Waals surface area (Å²) in [4.78, 5) is 46.6. The lowest BCUT2D eigenvalue weighted by Gasteiger charge is -2.32. The van der Waals surface area contributed by atoms with Gasteiger partial charge in [-0.3, -0.25) is 14.7 Å². The predicted octanol–water partition coefficient (Wildman–Crippen LogP) is 25.6. The fourth-order valence-corrected chi connectivity index (χ4v) is 18.1. The first kappa shape index (κ1) is 71.5. The Labute approximate surface area is 676 Å². The number of rotatable bonds is 8. The molecule has 23 rings (SSSR count). The zero-order valence-corrected chi connectivity index (χ0v) is 66.6. The largest absolute Gasteiger partial charge is 0.454 e. The van der Waals surface area contributed by atoms with Gasteiger partial charge in [-0.05, 0) is 176 Å². The third kappa shape index (κ3) is 11.7. The molecule has 0 fully saturated rings. The molecule has 117 heavy (non-hydrogen) atoms. The van der Waals surface area contributed by atoms with E-state index in [1.165, 1.54) is 11.1 Å². The van der Waals surface area contributed by atoms with E-state index in [0.717, 1.165) is 185 Å². The maximum atomic E-state index is 6.40. The van der Waals surface area contributed by atoms with Gasteiger partial charge in [0.05, 0.1) is 34.1 Å². The van der Waals surface area contributed by atoms with Crippen molar-refractivity contribution in [3.8, 4) is 0 Å². The molecule has 12 heterocycles. The molecule has 11 aromatic carbocycles. The zero-order valence-electron chi connectivity index (χ0n) is 66.6. The van der Waals surface area contributed by atoms with Crippen LogP contribution in [0.1, 0.15) is 63.8 Å². The van der Waals surface area contributed by atoms with Crippen LogP contribution in [0.15, 0.2) is 316 Å². The summed E-state index contributed by atoms with van der Waals surface area (Å²) in [6, 6.07) is 90.0. The Hall–Kier alpha value is -14.5. The third-order valence-corrected chi connectivity index (χ3v) is 23.3. The summed E-state index contributed by atoms with van der Waals surface area (Å²) in [5.74, 6) is 5.41. The van der Waals surface area contributed by atoms with Gasteiger partial charge in [-0.15, -0.1) is 0 Å². The number of para-hydroxylation sites is 7. The van der Waals surface area contributed by atoms with Crippen molar-refractivity contribution in [2.45, 2.75) is 99.9 Å². The van der Waals surface area contributed by atoms with Crippen molar-refractivity contribution >= 4 is 174 Å². The van der Waals surface area contributed by atoms with E-state index >= 15 is 0 Å². The first-order valence-corrected chi connectivity index (χ1v) is 39.9. The van der Waals surface area contributed by atoms with Crippen molar-refractivity contribution in [3.63, 3.8) is 0 Å². The van der Waals surface area contributed by atoms with Crippen molar-refractivity contribution in [1.29, 1.82) is 0 Å². The second kappa shape index (κ2) is 28.8. The van der Waals surface area contributed by atoms with E-state index in [1.807, 2.05) is 109 Å². The quantitative estimate of drug-likeness (QED) is 0.141. The summed E-state index contributed by atoms with van der Waals surface area (Å²) >= 11 is 0. The molecule has 574 valence electrons. The number of aryl methyl sites for hydroxylation is 4. The van der Waals surface area contributed by atoms with Gasteiger partial charge in [0.15, 0.2) is 57.2 Å². The summed E-state index contributed by atoms with van der Waals surface area (Å²) in [6.07, 6.45) is 10.9. The minimum Gasteiger partial charge on any atom is -0.454 e. The molecule has 0 saturated heterocycles. The molecule has 0 amide bonds. The van der Waals surface area contributed by atoms with E-state index in [0.29, 0.717) is 6.04 Å². The summed E-state index contributed by atoms with van der Waals surface area (Å²) in [5.41, 5.74) is 21.7. The van der Waals surface area contributed by atoms with E-state index in [1.54, 1.807) is 24.8 Å². The minimum atomic E-state index is -0.0117. The van der Waals surface area contributed by atoms with E-state index in [2.05, 4.69) is 287 Å². The lowest BCUT2D eigenvalue weighted by Crippen LogP contribution is -2.42. The summed E-state index contributed by atoms with van der Waals surface area (Å²) < 4.78 is 25.5. The van der Waals surface area contributed by atoms with Crippen molar-refractivity contribution in [1.82, 2.24) is 29.9 Å². The van der Waals surface area contributed by atoms with Crippen LogP contribution in [0.2, 0.25) is 0 Å². The molecule has 0 radical (unpaired) electrons. The lowest BCUT2D eigenvalue weighted by atomic mass is 10.1. The highest BCUT2D eigenvalue weighted by Gasteiger charge is 2.44. The van der Waals surface area contributed by atoms with Crippen LogP contribution in [-0.4, -0.2) is 60.6 Å². The van der Waals surface area contributed by atoms with Crippen molar-refractivity contribution in [2.24, 2.45) is 0 Å². The van der Waals surface area contributed by atoms with Gasteiger partial charge in [0, 0.05) is 103 Å². The first-order chi connectivity index (χ1) is 57.3. The number of hydrogen-bond donors (Lipinski definition) is 0. The molecule has 4 aliphatic heterocycles. The van der Waals surface area contributed by atoms with Gasteiger partial charge in [-0.2, -0.15) is 0 Å². The van der Waals surface area contributed by atoms with Gasteiger partial charge in [0.2, 0.25) is 0 Å². The Morgan fingerprint density at radius 2 is 0.513 bits per heavy atom. The molecule has 18 nitrogen and oxygen atoms in total. The Morgan fingerprint density at radius 1 is 0.239 bits per heavy atom. The number of benzene rings is 11. The number of nitrogens with zero attached hydrogens (tertiary/aromatic N) is 14.